The Balaban J connectivity index is 1.06. The minimum absolute atomic E-state index is 0.0707. The van der Waals surface area contributed by atoms with Crippen molar-refractivity contribution in [2.24, 2.45) is 0 Å². The number of hydrogen-bond donors (Lipinski definition) is 1. The van der Waals surface area contributed by atoms with Gasteiger partial charge in [0.25, 0.3) is 5.91 Å². The van der Waals surface area contributed by atoms with E-state index in [4.69, 9.17) is 9.47 Å². The summed E-state index contributed by atoms with van der Waals surface area (Å²) in [6.45, 7) is 3.92. The summed E-state index contributed by atoms with van der Waals surface area (Å²) < 4.78 is 13.3. The molecular weight excluding hydrogens is 464 g/mol. The van der Waals surface area contributed by atoms with E-state index in [-0.39, 0.29) is 5.91 Å². The molecule has 2 aromatic carbocycles. The number of aromatic amines is 1. The number of pyridine rings is 1. The van der Waals surface area contributed by atoms with Crippen LogP contribution in [0.15, 0.2) is 73.2 Å². The number of carbonyl (C=O) groups excluding carboxylic acids is 1. The Kier molecular flexibility index (Phi) is 6.04. The lowest BCUT2D eigenvalue weighted by Gasteiger charge is -2.32. The minimum Gasteiger partial charge on any atom is -0.497 e. The Labute approximate surface area is 215 Å². The molecule has 1 fully saturated rings. The second kappa shape index (κ2) is 9.65. The molecule has 6 rings (SSSR count). The standard InChI is InChI=1S/C30H30N4O3/c1-20-3-10-29-32-23(18-34(29)17-20)19-37-24-6-4-22(5-7-24)30(35)33-13-11-21(12-14-33)27-16-31-28-9-8-25(36-2)15-26(27)28/h3-10,15-18,21,31H,11-14,19H2,1-2H3. The van der Waals surface area contributed by atoms with Crippen LogP contribution in [0.3, 0.4) is 0 Å². The van der Waals surface area contributed by atoms with Gasteiger partial charge >= 0.3 is 0 Å². The van der Waals surface area contributed by atoms with Gasteiger partial charge in [-0.15, -0.1) is 0 Å². The molecule has 7 heteroatoms. The number of fused-ring (bicyclic) bond motifs is 2. The quantitative estimate of drug-likeness (QED) is 0.327. The normalized spacial score (nSPS) is 14.4. The third-order valence-corrected chi connectivity index (χ3v) is 7.28. The van der Waals surface area contributed by atoms with Crippen molar-refractivity contribution < 1.29 is 14.3 Å². The van der Waals surface area contributed by atoms with E-state index in [0.717, 1.165) is 54.3 Å². The number of amides is 1. The lowest BCUT2D eigenvalue weighted by Crippen LogP contribution is -2.37. The molecule has 1 aliphatic heterocycles. The van der Waals surface area contributed by atoms with Gasteiger partial charge in [0.05, 0.1) is 12.8 Å². The Morgan fingerprint density at radius 3 is 2.59 bits per heavy atom. The van der Waals surface area contributed by atoms with E-state index in [2.05, 4.69) is 35.2 Å². The van der Waals surface area contributed by atoms with Crippen LogP contribution in [-0.2, 0) is 6.61 Å². The molecule has 7 nitrogen and oxygen atoms in total. The maximum absolute atomic E-state index is 13.2. The highest BCUT2D eigenvalue weighted by Gasteiger charge is 2.26. The van der Waals surface area contributed by atoms with Gasteiger partial charge in [0, 0.05) is 48.1 Å². The highest BCUT2D eigenvalue weighted by molar-refractivity contribution is 5.94. The summed E-state index contributed by atoms with van der Waals surface area (Å²) in [7, 11) is 1.69. The molecule has 188 valence electrons. The molecule has 0 radical (unpaired) electrons. The lowest BCUT2D eigenvalue weighted by molar-refractivity contribution is 0.0713. The number of imidazole rings is 1. The average molecular weight is 495 g/mol. The van der Waals surface area contributed by atoms with Gasteiger partial charge in [-0.1, -0.05) is 6.07 Å². The molecule has 0 bridgehead atoms. The summed E-state index contributed by atoms with van der Waals surface area (Å²) in [4.78, 5) is 23.1. The largest absolute Gasteiger partial charge is 0.497 e. The molecule has 0 saturated carbocycles. The predicted octanol–water partition coefficient (Wildman–Crippen LogP) is 5.73. The van der Waals surface area contributed by atoms with Crippen molar-refractivity contribution in [2.75, 3.05) is 20.2 Å². The third-order valence-electron chi connectivity index (χ3n) is 7.28. The van der Waals surface area contributed by atoms with Crippen LogP contribution in [0.1, 0.15) is 45.9 Å². The summed E-state index contributed by atoms with van der Waals surface area (Å²) in [5.74, 6) is 2.07. The number of aryl methyl sites for hydroxylation is 1. The van der Waals surface area contributed by atoms with Crippen molar-refractivity contribution in [1.82, 2.24) is 19.3 Å². The first-order chi connectivity index (χ1) is 18.1. The van der Waals surface area contributed by atoms with Crippen LogP contribution in [0.5, 0.6) is 11.5 Å². The van der Waals surface area contributed by atoms with E-state index >= 15 is 0 Å². The van der Waals surface area contributed by atoms with Crippen LogP contribution in [0.2, 0.25) is 0 Å². The van der Waals surface area contributed by atoms with Gasteiger partial charge in [-0.05, 0) is 85.3 Å². The monoisotopic (exact) mass is 494 g/mol. The van der Waals surface area contributed by atoms with Crippen molar-refractivity contribution in [2.45, 2.75) is 32.3 Å². The van der Waals surface area contributed by atoms with Crippen LogP contribution in [0, 0.1) is 6.92 Å². The number of rotatable bonds is 6. The maximum atomic E-state index is 13.2. The number of nitrogens with one attached hydrogen (secondary N) is 1. The summed E-state index contributed by atoms with van der Waals surface area (Å²) in [5, 5.41) is 1.21. The molecule has 0 atom stereocenters. The number of H-pyrrole nitrogens is 1. The fourth-order valence-corrected chi connectivity index (χ4v) is 5.24. The van der Waals surface area contributed by atoms with Crippen LogP contribution < -0.4 is 9.47 Å². The number of aromatic nitrogens is 3. The molecule has 1 amide bonds. The van der Waals surface area contributed by atoms with Gasteiger partial charge in [0.1, 0.15) is 23.8 Å². The highest BCUT2D eigenvalue weighted by Crippen LogP contribution is 2.35. The zero-order valence-corrected chi connectivity index (χ0v) is 21.1. The average Bonchev–Trinajstić information content (AvgIpc) is 3.55. The topological polar surface area (TPSA) is 71.9 Å². The number of benzene rings is 2. The summed E-state index contributed by atoms with van der Waals surface area (Å²) >= 11 is 0. The number of methoxy groups -OCH3 is 1. The zero-order valence-electron chi connectivity index (χ0n) is 21.1. The van der Waals surface area contributed by atoms with E-state index < -0.39 is 0 Å². The summed E-state index contributed by atoms with van der Waals surface area (Å²) in [6, 6.07) is 17.6. The number of ether oxygens (including phenoxy) is 2. The van der Waals surface area contributed by atoms with Crippen LogP contribution in [-0.4, -0.2) is 45.4 Å². The number of nitrogens with zero attached hydrogens (tertiary/aromatic N) is 3. The minimum atomic E-state index is 0.0707. The maximum Gasteiger partial charge on any atom is 0.253 e. The van der Waals surface area contributed by atoms with Crippen LogP contribution in [0.25, 0.3) is 16.6 Å². The molecule has 1 saturated heterocycles. The van der Waals surface area contributed by atoms with Crippen molar-refractivity contribution >= 4 is 22.5 Å². The molecule has 0 spiro atoms. The molecule has 0 aliphatic carbocycles. The van der Waals surface area contributed by atoms with E-state index in [1.807, 2.05) is 64.2 Å². The number of likely N-dealkylation sites (tertiary alicyclic amines) is 1. The zero-order chi connectivity index (χ0) is 25.4. The van der Waals surface area contributed by atoms with Crippen molar-refractivity contribution in [3.05, 3.63) is 95.6 Å². The van der Waals surface area contributed by atoms with Crippen LogP contribution >= 0.6 is 0 Å². The Hall–Kier alpha value is -4.26. The smallest absolute Gasteiger partial charge is 0.253 e. The second-order valence-electron chi connectivity index (χ2n) is 9.74. The van der Waals surface area contributed by atoms with Crippen molar-refractivity contribution in [3.63, 3.8) is 0 Å². The summed E-state index contributed by atoms with van der Waals surface area (Å²) in [6.07, 6.45) is 8.02. The molecule has 1 N–H and O–H groups in total. The first-order valence-corrected chi connectivity index (χ1v) is 12.7. The molecule has 5 aromatic rings. The third kappa shape index (κ3) is 4.65. The predicted molar refractivity (Wildman–Crippen MR) is 143 cm³/mol. The van der Waals surface area contributed by atoms with E-state index in [9.17, 15) is 4.79 Å². The lowest BCUT2D eigenvalue weighted by atomic mass is 9.89. The summed E-state index contributed by atoms with van der Waals surface area (Å²) in [5.41, 5.74) is 6.06. The molecule has 37 heavy (non-hydrogen) atoms. The fourth-order valence-electron chi connectivity index (χ4n) is 5.24. The van der Waals surface area contributed by atoms with Gasteiger partial charge in [0.2, 0.25) is 0 Å². The fraction of sp³-hybridized carbons (Fsp3) is 0.267. The second-order valence-corrected chi connectivity index (χ2v) is 9.74. The Morgan fingerprint density at radius 1 is 1.03 bits per heavy atom. The first kappa shape index (κ1) is 23.2. The SMILES string of the molecule is COc1ccc2[nH]cc(C3CCN(C(=O)c4ccc(OCc5cn6cc(C)ccc6n5)cc4)CC3)c2c1. The van der Waals surface area contributed by atoms with Crippen molar-refractivity contribution in [3.8, 4) is 11.5 Å². The van der Waals surface area contributed by atoms with Gasteiger partial charge in [-0.3, -0.25) is 4.79 Å². The molecule has 0 unspecified atom stereocenters. The van der Waals surface area contributed by atoms with Gasteiger partial charge in [0.15, 0.2) is 0 Å². The van der Waals surface area contributed by atoms with Gasteiger partial charge < -0.3 is 23.8 Å². The van der Waals surface area contributed by atoms with Gasteiger partial charge in [-0.2, -0.15) is 0 Å². The van der Waals surface area contributed by atoms with Crippen LogP contribution in [0.4, 0.5) is 0 Å². The molecule has 4 heterocycles. The molecule has 3 aromatic heterocycles. The number of carbonyl (C=O) groups is 1. The van der Waals surface area contributed by atoms with E-state index in [0.29, 0.717) is 18.1 Å². The van der Waals surface area contributed by atoms with Gasteiger partial charge in [-0.25, -0.2) is 4.98 Å². The highest BCUT2D eigenvalue weighted by atomic mass is 16.5. The Morgan fingerprint density at radius 2 is 1.81 bits per heavy atom. The van der Waals surface area contributed by atoms with E-state index in [1.54, 1.807) is 7.11 Å². The first-order valence-electron chi connectivity index (χ1n) is 12.7. The Bertz CT molecular complexity index is 1560. The molecular formula is C30H30N4O3. The van der Waals surface area contributed by atoms with Crippen molar-refractivity contribution in [1.29, 1.82) is 0 Å². The number of piperidine rings is 1. The van der Waals surface area contributed by atoms with E-state index in [1.165, 1.54) is 16.5 Å². The number of hydrogen-bond acceptors (Lipinski definition) is 4. The molecule has 1 aliphatic rings.